The Morgan fingerprint density at radius 1 is 1.12 bits per heavy atom. The van der Waals surface area contributed by atoms with Gasteiger partial charge in [0.25, 0.3) is 0 Å². The number of aryl methyl sites for hydroxylation is 2. The molecule has 0 aliphatic carbocycles. The molecule has 3 rings (SSSR count). The van der Waals surface area contributed by atoms with Gasteiger partial charge in [-0.1, -0.05) is 42.8 Å². The van der Waals surface area contributed by atoms with Crippen LogP contribution in [0.2, 0.25) is 0 Å². The Bertz CT molecular complexity index is 965. The summed E-state index contributed by atoms with van der Waals surface area (Å²) in [7, 11) is -3.14. The number of rotatable bonds is 5. The van der Waals surface area contributed by atoms with Gasteiger partial charge in [-0.2, -0.15) is 0 Å². The van der Waals surface area contributed by atoms with Crippen LogP contribution < -0.4 is 4.74 Å². The molecule has 0 radical (unpaired) electrons. The Hall–Kier alpha value is -2.33. The van der Waals surface area contributed by atoms with E-state index in [9.17, 15) is 8.42 Å². The second-order valence-electron chi connectivity index (χ2n) is 6.67. The number of hydrogen-bond donors (Lipinski definition) is 0. The second-order valence-corrected chi connectivity index (χ2v) is 8.95. The number of ether oxygens (including phenoxy) is 1. The molecule has 0 amide bonds. The smallest absolute Gasteiger partial charge is 0.178 e. The van der Waals surface area contributed by atoms with Crippen LogP contribution in [-0.4, -0.2) is 20.8 Å². The molecule has 0 spiro atoms. The first-order valence-corrected chi connectivity index (χ1v) is 10.5. The maximum absolute atomic E-state index is 11.8. The van der Waals surface area contributed by atoms with Crippen molar-refractivity contribution in [3.8, 4) is 5.75 Å². The summed E-state index contributed by atoms with van der Waals surface area (Å²) in [6.45, 7) is 6.43. The Kier molecular flexibility index (Phi) is 5.33. The molecule has 2 aromatic rings. The number of allylic oxidation sites excluding steroid dienone is 1. The molecule has 0 saturated carbocycles. The van der Waals surface area contributed by atoms with Gasteiger partial charge in [-0.05, 0) is 61.2 Å². The predicted octanol–water partition coefficient (Wildman–Crippen LogP) is 4.98. The summed E-state index contributed by atoms with van der Waals surface area (Å²) in [4.78, 5) is 0.378. The van der Waals surface area contributed by atoms with Crippen LogP contribution in [0.4, 0.5) is 0 Å². The maximum Gasteiger partial charge on any atom is 0.178 e. The molecule has 0 fully saturated rings. The average Bonchev–Trinajstić information content (AvgIpc) is 2.61. The maximum atomic E-state index is 11.8. The number of hydrogen-bond acceptors (Lipinski definition) is 3. The summed E-state index contributed by atoms with van der Waals surface area (Å²) in [5.74, 6) is 1.10. The highest BCUT2D eigenvalue weighted by molar-refractivity contribution is 7.91. The highest BCUT2D eigenvalue weighted by atomic mass is 32.2. The molecule has 0 unspecified atom stereocenters. The van der Waals surface area contributed by atoms with E-state index < -0.39 is 9.84 Å². The lowest BCUT2D eigenvalue weighted by Gasteiger charge is -2.20. The zero-order chi connectivity index (χ0) is 18.7. The summed E-state index contributed by atoms with van der Waals surface area (Å²) in [5.41, 5.74) is 5.77. The third-order valence-electron chi connectivity index (χ3n) is 4.52. The van der Waals surface area contributed by atoms with E-state index in [1.54, 1.807) is 19.1 Å². The number of sulfone groups is 1. The molecule has 0 bridgehead atoms. The van der Waals surface area contributed by atoms with E-state index in [4.69, 9.17) is 4.74 Å². The van der Waals surface area contributed by atoms with Crippen molar-refractivity contribution in [2.45, 2.75) is 32.1 Å². The first-order valence-electron chi connectivity index (χ1n) is 8.82. The molecule has 26 heavy (non-hydrogen) atoms. The van der Waals surface area contributed by atoms with E-state index in [1.165, 1.54) is 16.7 Å². The van der Waals surface area contributed by atoms with Crippen molar-refractivity contribution in [2.75, 3.05) is 12.4 Å². The van der Waals surface area contributed by atoms with Crippen molar-refractivity contribution in [1.82, 2.24) is 0 Å². The van der Waals surface area contributed by atoms with Gasteiger partial charge in [-0.15, -0.1) is 0 Å². The van der Waals surface area contributed by atoms with Crippen molar-refractivity contribution < 1.29 is 13.2 Å². The fraction of sp³-hybridized carbons (Fsp3) is 0.273. The zero-order valence-electron chi connectivity index (χ0n) is 15.5. The molecule has 0 N–H and O–H groups in total. The highest BCUT2D eigenvalue weighted by Crippen LogP contribution is 2.32. The second kappa shape index (κ2) is 7.50. The molecule has 136 valence electrons. The van der Waals surface area contributed by atoms with Crippen LogP contribution in [0.5, 0.6) is 5.75 Å². The highest BCUT2D eigenvalue weighted by Gasteiger charge is 2.13. The molecule has 3 nitrogen and oxygen atoms in total. The van der Waals surface area contributed by atoms with Crippen molar-refractivity contribution in [3.05, 3.63) is 70.3 Å². The Morgan fingerprint density at radius 2 is 1.85 bits per heavy atom. The number of benzene rings is 2. The van der Waals surface area contributed by atoms with Crippen LogP contribution in [0.15, 0.2) is 52.9 Å². The van der Waals surface area contributed by atoms with Crippen LogP contribution in [0.25, 0.3) is 12.2 Å². The van der Waals surface area contributed by atoms with Crippen LogP contribution in [0.3, 0.4) is 0 Å². The normalized spacial score (nSPS) is 14.0. The van der Waals surface area contributed by atoms with Crippen molar-refractivity contribution in [3.63, 3.8) is 0 Å². The van der Waals surface area contributed by atoms with E-state index in [0.29, 0.717) is 11.5 Å². The van der Waals surface area contributed by atoms with Gasteiger partial charge in [-0.25, -0.2) is 8.42 Å². The molecular formula is C22H24O3S. The summed E-state index contributed by atoms with van der Waals surface area (Å²) >= 11 is 0. The monoisotopic (exact) mass is 368 g/mol. The van der Waals surface area contributed by atoms with Gasteiger partial charge in [0.05, 0.1) is 10.6 Å². The molecule has 0 aromatic heterocycles. The minimum atomic E-state index is -3.14. The Balaban J connectivity index is 1.70. The van der Waals surface area contributed by atoms with Gasteiger partial charge >= 0.3 is 0 Å². The van der Waals surface area contributed by atoms with Gasteiger partial charge in [-0.3, -0.25) is 0 Å². The summed E-state index contributed by atoms with van der Waals surface area (Å²) in [6, 6.07) is 11.3. The lowest BCUT2D eigenvalue weighted by molar-refractivity contribution is 0.342. The zero-order valence-corrected chi connectivity index (χ0v) is 16.3. The predicted molar refractivity (Wildman–Crippen MR) is 107 cm³/mol. The Morgan fingerprint density at radius 3 is 2.54 bits per heavy atom. The van der Waals surface area contributed by atoms with Crippen LogP contribution in [0.1, 0.15) is 35.6 Å². The largest absolute Gasteiger partial charge is 0.488 e. The van der Waals surface area contributed by atoms with Gasteiger partial charge in [0.2, 0.25) is 0 Å². The SMILES string of the molecule is CCS(=O)(=O)c1ccc(C=CCC2=Cc3cc(C)cc(C)c3OC2)cc1. The quantitative estimate of drug-likeness (QED) is 0.748. The van der Waals surface area contributed by atoms with Crippen LogP contribution >= 0.6 is 0 Å². The summed E-state index contributed by atoms with van der Waals surface area (Å²) < 4.78 is 29.6. The van der Waals surface area contributed by atoms with Gasteiger partial charge in [0, 0.05) is 5.56 Å². The van der Waals surface area contributed by atoms with Crippen LogP contribution in [0, 0.1) is 13.8 Å². The summed E-state index contributed by atoms with van der Waals surface area (Å²) in [5, 5.41) is 0. The molecule has 1 aliphatic rings. The lowest BCUT2D eigenvalue weighted by atomic mass is 10.00. The fourth-order valence-electron chi connectivity index (χ4n) is 3.14. The molecular weight excluding hydrogens is 344 g/mol. The molecule has 0 atom stereocenters. The molecule has 2 aromatic carbocycles. The molecule has 1 aliphatic heterocycles. The minimum absolute atomic E-state index is 0.122. The van der Waals surface area contributed by atoms with E-state index in [2.05, 4.69) is 38.1 Å². The van der Waals surface area contributed by atoms with Gasteiger partial charge < -0.3 is 4.74 Å². The third kappa shape index (κ3) is 4.07. The average molecular weight is 368 g/mol. The van der Waals surface area contributed by atoms with E-state index in [1.807, 2.05) is 18.2 Å². The van der Waals surface area contributed by atoms with Gasteiger partial charge in [0.1, 0.15) is 12.4 Å². The minimum Gasteiger partial charge on any atom is -0.488 e. The van der Waals surface area contributed by atoms with Gasteiger partial charge in [0.15, 0.2) is 9.84 Å². The fourth-order valence-corrected chi connectivity index (χ4v) is 4.02. The van der Waals surface area contributed by atoms with Crippen molar-refractivity contribution >= 4 is 22.0 Å². The molecule has 1 heterocycles. The van der Waals surface area contributed by atoms with E-state index in [0.717, 1.165) is 23.3 Å². The Labute approximate surface area is 155 Å². The number of fused-ring (bicyclic) bond motifs is 1. The first-order chi connectivity index (χ1) is 12.4. The van der Waals surface area contributed by atoms with E-state index >= 15 is 0 Å². The first kappa shape index (κ1) is 18.5. The van der Waals surface area contributed by atoms with Crippen molar-refractivity contribution in [2.24, 2.45) is 0 Å². The lowest BCUT2D eigenvalue weighted by Crippen LogP contribution is -2.08. The molecule has 4 heteroatoms. The standard InChI is InChI=1S/C22H24O3S/c1-4-26(23,24)21-10-8-18(9-11-21)6-5-7-19-14-20-13-16(2)12-17(3)22(20)25-15-19/h5-6,8-14H,4,7,15H2,1-3H3. The third-order valence-corrected chi connectivity index (χ3v) is 6.27. The summed E-state index contributed by atoms with van der Waals surface area (Å²) in [6.07, 6.45) is 7.12. The topological polar surface area (TPSA) is 43.4 Å². The molecule has 0 saturated heterocycles. The van der Waals surface area contributed by atoms with Crippen LogP contribution in [-0.2, 0) is 9.84 Å². The van der Waals surface area contributed by atoms with Crippen molar-refractivity contribution in [1.29, 1.82) is 0 Å². The van der Waals surface area contributed by atoms with E-state index in [-0.39, 0.29) is 5.75 Å².